The second kappa shape index (κ2) is 7.16. The van der Waals surface area contributed by atoms with Gasteiger partial charge in [0.05, 0.1) is 0 Å². The van der Waals surface area contributed by atoms with Gasteiger partial charge in [0, 0.05) is 10.4 Å². The summed E-state index contributed by atoms with van der Waals surface area (Å²) in [5.74, 6) is 1.30. The van der Waals surface area contributed by atoms with E-state index in [1.54, 1.807) is 38.1 Å². The number of ether oxygens (including phenoxy) is 1. The van der Waals surface area contributed by atoms with Gasteiger partial charge in [-0.15, -0.1) is 23.2 Å². The molecule has 2 rings (SSSR count). The lowest BCUT2D eigenvalue weighted by Gasteiger charge is -2.16. The number of Topliss-reactive ketones (excluding diaryl/α,β-unsaturated/α-hetero) is 1. The molecule has 0 unspecified atom stereocenters. The zero-order chi connectivity index (χ0) is 18.0. The van der Waals surface area contributed by atoms with Gasteiger partial charge < -0.3 is 4.74 Å². The molecular weight excluding hydrogens is 343 g/mol. The van der Waals surface area contributed by atoms with Crippen molar-refractivity contribution >= 4 is 29.0 Å². The largest absolute Gasteiger partial charge is 0.457 e. The summed E-state index contributed by atoms with van der Waals surface area (Å²) < 4.78 is 5.81. The smallest absolute Gasteiger partial charge is 0.183 e. The van der Waals surface area contributed by atoms with Crippen molar-refractivity contribution in [2.24, 2.45) is 0 Å². The predicted octanol–water partition coefficient (Wildman–Crippen LogP) is 6.24. The molecule has 0 aliphatic rings. The SMILES string of the molecule is CC(C)(Cl)Cc1ccc(Oc2ccc(C(=O)C(C)(C)Cl)cc2)cc1. The van der Waals surface area contributed by atoms with Gasteiger partial charge >= 0.3 is 0 Å². The third kappa shape index (κ3) is 5.54. The van der Waals surface area contributed by atoms with Crippen molar-refractivity contribution in [2.45, 2.75) is 43.9 Å². The molecule has 0 aliphatic carbocycles. The molecular formula is C20H22Cl2O2. The average Bonchev–Trinajstić information content (AvgIpc) is 2.47. The molecule has 0 heterocycles. The number of hydrogen-bond acceptors (Lipinski definition) is 2. The lowest BCUT2D eigenvalue weighted by Crippen LogP contribution is -2.24. The van der Waals surface area contributed by atoms with E-state index in [0.29, 0.717) is 11.3 Å². The van der Waals surface area contributed by atoms with Crippen molar-refractivity contribution in [1.29, 1.82) is 0 Å². The van der Waals surface area contributed by atoms with E-state index < -0.39 is 4.87 Å². The standard InChI is InChI=1S/C20H22Cl2O2/c1-19(2,21)13-14-5-9-16(10-6-14)24-17-11-7-15(8-12-17)18(23)20(3,4)22/h5-12H,13H2,1-4H3. The minimum Gasteiger partial charge on any atom is -0.457 e. The summed E-state index contributed by atoms with van der Waals surface area (Å²) in [6.45, 7) is 7.35. The zero-order valence-electron chi connectivity index (χ0n) is 14.4. The molecule has 0 N–H and O–H groups in total. The Kier molecular flexibility index (Phi) is 5.62. The van der Waals surface area contributed by atoms with Gasteiger partial charge in [0.25, 0.3) is 0 Å². The first kappa shape index (κ1) is 18.8. The third-order valence-corrected chi connectivity index (χ3v) is 3.75. The van der Waals surface area contributed by atoms with Crippen LogP contribution in [0.15, 0.2) is 48.5 Å². The van der Waals surface area contributed by atoms with Crippen LogP contribution in [-0.2, 0) is 6.42 Å². The highest BCUT2D eigenvalue weighted by atomic mass is 35.5. The van der Waals surface area contributed by atoms with Gasteiger partial charge in [0.1, 0.15) is 16.4 Å². The number of alkyl halides is 2. The normalized spacial score (nSPS) is 12.1. The van der Waals surface area contributed by atoms with Crippen LogP contribution in [0.4, 0.5) is 0 Å². The maximum Gasteiger partial charge on any atom is 0.183 e. The fraction of sp³-hybridized carbons (Fsp3) is 0.350. The first-order valence-corrected chi connectivity index (χ1v) is 8.60. The molecule has 0 saturated carbocycles. The van der Waals surface area contributed by atoms with Crippen molar-refractivity contribution in [3.05, 3.63) is 59.7 Å². The molecule has 0 bridgehead atoms. The van der Waals surface area contributed by atoms with Crippen molar-refractivity contribution in [3.8, 4) is 11.5 Å². The number of ketones is 1. The van der Waals surface area contributed by atoms with Crippen molar-refractivity contribution in [3.63, 3.8) is 0 Å². The van der Waals surface area contributed by atoms with Crippen LogP contribution < -0.4 is 4.74 Å². The summed E-state index contributed by atoms with van der Waals surface area (Å²) in [6, 6.07) is 14.8. The topological polar surface area (TPSA) is 26.3 Å². The van der Waals surface area contributed by atoms with Crippen LogP contribution in [-0.4, -0.2) is 15.5 Å². The van der Waals surface area contributed by atoms with Crippen molar-refractivity contribution in [1.82, 2.24) is 0 Å². The van der Waals surface area contributed by atoms with E-state index in [0.717, 1.165) is 17.7 Å². The van der Waals surface area contributed by atoms with Crippen molar-refractivity contribution < 1.29 is 9.53 Å². The van der Waals surface area contributed by atoms with Crippen LogP contribution in [0.1, 0.15) is 43.6 Å². The number of carbonyl (C=O) groups excluding carboxylic acids is 1. The molecule has 24 heavy (non-hydrogen) atoms. The lowest BCUT2D eigenvalue weighted by molar-refractivity contribution is 0.0954. The van der Waals surface area contributed by atoms with Gasteiger partial charge in [-0.25, -0.2) is 0 Å². The van der Waals surface area contributed by atoms with E-state index in [1.807, 2.05) is 38.1 Å². The Balaban J connectivity index is 2.05. The average molecular weight is 365 g/mol. The Morgan fingerprint density at radius 3 is 1.75 bits per heavy atom. The van der Waals surface area contributed by atoms with E-state index in [-0.39, 0.29) is 10.7 Å². The highest BCUT2D eigenvalue weighted by molar-refractivity contribution is 6.37. The van der Waals surface area contributed by atoms with Crippen LogP contribution in [0.2, 0.25) is 0 Å². The molecule has 2 nitrogen and oxygen atoms in total. The Hall–Kier alpha value is -1.51. The van der Waals surface area contributed by atoms with E-state index in [9.17, 15) is 4.79 Å². The number of benzene rings is 2. The molecule has 2 aromatic rings. The Labute approximate surface area is 153 Å². The Morgan fingerprint density at radius 1 is 0.875 bits per heavy atom. The van der Waals surface area contributed by atoms with Gasteiger partial charge in [-0.05, 0) is 76.1 Å². The molecule has 0 amide bonds. The Bertz CT molecular complexity index is 690. The molecule has 0 atom stereocenters. The van der Waals surface area contributed by atoms with Crippen molar-refractivity contribution in [2.75, 3.05) is 0 Å². The highest BCUT2D eigenvalue weighted by Gasteiger charge is 2.25. The molecule has 128 valence electrons. The minimum atomic E-state index is -0.908. The van der Waals surface area contributed by atoms with Crippen LogP contribution >= 0.6 is 23.2 Å². The van der Waals surface area contributed by atoms with E-state index in [1.165, 1.54) is 0 Å². The monoisotopic (exact) mass is 364 g/mol. The van der Waals surface area contributed by atoms with Crippen LogP contribution in [0, 0.1) is 0 Å². The molecule has 0 saturated heterocycles. The first-order chi connectivity index (χ1) is 11.0. The van der Waals surface area contributed by atoms with Crippen LogP contribution in [0.5, 0.6) is 11.5 Å². The summed E-state index contributed by atoms with van der Waals surface area (Å²) >= 11 is 12.3. The molecule has 0 fully saturated rings. The second-order valence-corrected chi connectivity index (χ2v) is 8.94. The van der Waals surface area contributed by atoms with E-state index in [2.05, 4.69) is 0 Å². The summed E-state index contributed by atoms with van der Waals surface area (Å²) in [5, 5.41) is 0. The fourth-order valence-electron chi connectivity index (χ4n) is 2.31. The Morgan fingerprint density at radius 2 is 1.33 bits per heavy atom. The molecule has 0 aliphatic heterocycles. The number of carbonyl (C=O) groups is 1. The summed E-state index contributed by atoms with van der Waals surface area (Å²) in [6.07, 6.45) is 0.792. The van der Waals surface area contributed by atoms with Crippen LogP contribution in [0.3, 0.4) is 0 Å². The van der Waals surface area contributed by atoms with Gasteiger partial charge in [0.15, 0.2) is 5.78 Å². The quantitative estimate of drug-likeness (QED) is 0.447. The lowest BCUT2D eigenvalue weighted by atomic mass is 10.0. The van der Waals surface area contributed by atoms with Gasteiger partial charge in [-0.1, -0.05) is 12.1 Å². The number of halogens is 2. The summed E-state index contributed by atoms with van der Waals surface area (Å²) in [5.41, 5.74) is 1.73. The highest BCUT2D eigenvalue weighted by Crippen LogP contribution is 2.26. The first-order valence-electron chi connectivity index (χ1n) is 7.84. The minimum absolute atomic E-state index is 0.108. The van der Waals surface area contributed by atoms with E-state index in [4.69, 9.17) is 27.9 Å². The van der Waals surface area contributed by atoms with Crippen LogP contribution in [0.25, 0.3) is 0 Å². The van der Waals surface area contributed by atoms with Gasteiger partial charge in [-0.2, -0.15) is 0 Å². The second-order valence-electron chi connectivity index (χ2n) is 6.97. The maximum absolute atomic E-state index is 12.1. The molecule has 2 aromatic carbocycles. The third-order valence-electron chi connectivity index (χ3n) is 3.44. The summed E-state index contributed by atoms with van der Waals surface area (Å²) in [4.78, 5) is 10.9. The van der Waals surface area contributed by atoms with E-state index >= 15 is 0 Å². The summed E-state index contributed by atoms with van der Waals surface area (Å²) in [7, 11) is 0. The molecule has 4 heteroatoms. The fourth-order valence-corrected chi connectivity index (χ4v) is 2.58. The zero-order valence-corrected chi connectivity index (χ0v) is 15.9. The molecule has 0 spiro atoms. The predicted molar refractivity (Wildman–Crippen MR) is 101 cm³/mol. The number of rotatable bonds is 6. The molecule has 0 radical (unpaired) electrons. The number of hydrogen-bond donors (Lipinski definition) is 0. The van der Waals surface area contributed by atoms with Gasteiger partial charge in [-0.3, -0.25) is 4.79 Å². The van der Waals surface area contributed by atoms with Gasteiger partial charge in [0.2, 0.25) is 0 Å². The molecule has 0 aromatic heterocycles. The maximum atomic E-state index is 12.1.